The number of ether oxygens (including phenoxy) is 1. The predicted octanol–water partition coefficient (Wildman–Crippen LogP) is 0.973. The first-order chi connectivity index (χ1) is 8.24. The van der Waals surface area contributed by atoms with Crippen molar-refractivity contribution in [2.75, 3.05) is 26.4 Å². The lowest BCUT2D eigenvalue weighted by Crippen LogP contribution is -2.25. The van der Waals surface area contributed by atoms with Gasteiger partial charge < -0.3 is 15.2 Å². The van der Waals surface area contributed by atoms with Crippen LogP contribution in [0.2, 0.25) is 0 Å². The average Bonchev–Trinajstić information content (AvgIpc) is 2.34. The Morgan fingerprint density at radius 3 is 2.94 bits per heavy atom. The summed E-state index contributed by atoms with van der Waals surface area (Å²) >= 11 is 3.20. The average molecular weight is 303 g/mol. The van der Waals surface area contributed by atoms with E-state index in [9.17, 15) is 4.79 Å². The maximum Gasteiger partial charge on any atom is 0.252 e. The van der Waals surface area contributed by atoms with E-state index in [-0.39, 0.29) is 12.5 Å². The molecule has 1 amide bonds. The molecule has 0 atom stereocenters. The molecule has 1 aromatic heterocycles. The molecule has 0 saturated carbocycles. The fourth-order valence-electron chi connectivity index (χ4n) is 1.15. The van der Waals surface area contributed by atoms with E-state index in [4.69, 9.17) is 9.84 Å². The first kappa shape index (κ1) is 14.1. The van der Waals surface area contributed by atoms with E-state index in [1.807, 2.05) is 0 Å². The predicted molar refractivity (Wildman–Crippen MR) is 66.8 cm³/mol. The molecule has 0 bridgehead atoms. The number of halogens is 1. The molecular formula is C11H15BrN2O3. The Labute approximate surface area is 108 Å². The van der Waals surface area contributed by atoms with Crippen LogP contribution in [0, 0.1) is 0 Å². The summed E-state index contributed by atoms with van der Waals surface area (Å²) in [7, 11) is 0. The van der Waals surface area contributed by atoms with Crippen LogP contribution in [0.25, 0.3) is 0 Å². The summed E-state index contributed by atoms with van der Waals surface area (Å²) in [5.41, 5.74) is 0.532. The van der Waals surface area contributed by atoms with Crippen molar-refractivity contribution < 1.29 is 14.6 Å². The molecule has 0 aliphatic carbocycles. The van der Waals surface area contributed by atoms with Gasteiger partial charge in [0.15, 0.2) is 0 Å². The van der Waals surface area contributed by atoms with E-state index in [1.54, 1.807) is 12.1 Å². The molecule has 0 aromatic carbocycles. The van der Waals surface area contributed by atoms with Crippen molar-refractivity contribution in [3.05, 3.63) is 28.5 Å². The van der Waals surface area contributed by atoms with Gasteiger partial charge >= 0.3 is 0 Å². The molecule has 0 saturated heterocycles. The fraction of sp³-hybridized carbons (Fsp3) is 0.455. The van der Waals surface area contributed by atoms with Crippen LogP contribution in [0.3, 0.4) is 0 Å². The number of rotatable bonds is 7. The SMILES string of the molecule is O=C(NCCCOCCO)c1ccc(Br)nc1. The second-order valence-electron chi connectivity index (χ2n) is 3.32. The number of carbonyl (C=O) groups excluding carboxylic acids is 1. The number of hydrogen-bond donors (Lipinski definition) is 2. The Bertz CT molecular complexity index is 343. The summed E-state index contributed by atoms with van der Waals surface area (Å²) in [6, 6.07) is 3.42. The maximum absolute atomic E-state index is 11.6. The molecule has 5 nitrogen and oxygen atoms in total. The van der Waals surface area contributed by atoms with Gasteiger partial charge in [-0.25, -0.2) is 4.98 Å². The largest absolute Gasteiger partial charge is 0.394 e. The Balaban J connectivity index is 2.19. The van der Waals surface area contributed by atoms with Crippen molar-refractivity contribution in [1.82, 2.24) is 10.3 Å². The Hall–Kier alpha value is -0.980. The zero-order chi connectivity index (χ0) is 12.5. The number of aromatic nitrogens is 1. The van der Waals surface area contributed by atoms with Gasteiger partial charge in [0.1, 0.15) is 4.60 Å². The molecule has 1 rings (SSSR count). The normalized spacial score (nSPS) is 10.2. The lowest BCUT2D eigenvalue weighted by Gasteiger charge is -2.05. The molecule has 0 aliphatic heterocycles. The fourth-order valence-corrected chi connectivity index (χ4v) is 1.39. The number of aliphatic hydroxyl groups excluding tert-OH is 1. The lowest BCUT2D eigenvalue weighted by atomic mass is 10.2. The summed E-state index contributed by atoms with van der Waals surface area (Å²) in [6.07, 6.45) is 2.23. The third-order valence-corrected chi connectivity index (χ3v) is 2.45. The van der Waals surface area contributed by atoms with Crippen LogP contribution >= 0.6 is 15.9 Å². The van der Waals surface area contributed by atoms with E-state index in [0.717, 1.165) is 6.42 Å². The van der Waals surface area contributed by atoms with Crippen molar-refractivity contribution in [2.45, 2.75) is 6.42 Å². The second kappa shape index (κ2) is 8.16. The second-order valence-corrected chi connectivity index (χ2v) is 4.13. The van der Waals surface area contributed by atoms with E-state index in [2.05, 4.69) is 26.2 Å². The third-order valence-electron chi connectivity index (χ3n) is 1.98. The van der Waals surface area contributed by atoms with Crippen LogP contribution in [-0.2, 0) is 4.74 Å². The van der Waals surface area contributed by atoms with Crippen molar-refractivity contribution in [3.63, 3.8) is 0 Å². The smallest absolute Gasteiger partial charge is 0.252 e. The number of hydrogen-bond acceptors (Lipinski definition) is 4. The van der Waals surface area contributed by atoms with E-state index in [1.165, 1.54) is 6.20 Å². The number of amides is 1. The summed E-state index contributed by atoms with van der Waals surface area (Å²) in [5.74, 6) is -0.146. The molecule has 1 aromatic rings. The van der Waals surface area contributed by atoms with Crippen molar-refractivity contribution in [2.24, 2.45) is 0 Å². The van der Waals surface area contributed by atoms with Crippen LogP contribution in [0.4, 0.5) is 0 Å². The zero-order valence-electron chi connectivity index (χ0n) is 9.36. The Kier molecular flexibility index (Phi) is 6.76. The van der Waals surface area contributed by atoms with Gasteiger partial charge in [0, 0.05) is 19.3 Å². The topological polar surface area (TPSA) is 71.5 Å². The monoisotopic (exact) mass is 302 g/mol. The number of carbonyl (C=O) groups is 1. The van der Waals surface area contributed by atoms with E-state index in [0.29, 0.717) is 29.9 Å². The van der Waals surface area contributed by atoms with Crippen LogP contribution in [0.15, 0.2) is 22.9 Å². The maximum atomic E-state index is 11.6. The molecule has 0 spiro atoms. The van der Waals surface area contributed by atoms with Gasteiger partial charge in [-0.3, -0.25) is 4.79 Å². The van der Waals surface area contributed by atoms with Gasteiger partial charge in [-0.2, -0.15) is 0 Å². The van der Waals surface area contributed by atoms with Gasteiger partial charge in [-0.05, 0) is 34.5 Å². The zero-order valence-corrected chi connectivity index (χ0v) is 10.9. The lowest BCUT2D eigenvalue weighted by molar-refractivity contribution is 0.0867. The standard InChI is InChI=1S/C11H15BrN2O3/c12-10-3-2-9(8-14-10)11(16)13-4-1-6-17-7-5-15/h2-3,8,15H,1,4-7H2,(H,13,16). The van der Waals surface area contributed by atoms with Gasteiger partial charge in [0.25, 0.3) is 5.91 Å². The van der Waals surface area contributed by atoms with Gasteiger partial charge in [-0.15, -0.1) is 0 Å². The van der Waals surface area contributed by atoms with E-state index >= 15 is 0 Å². The molecule has 17 heavy (non-hydrogen) atoms. The highest BCUT2D eigenvalue weighted by Gasteiger charge is 2.04. The van der Waals surface area contributed by atoms with Crippen molar-refractivity contribution in [3.8, 4) is 0 Å². The van der Waals surface area contributed by atoms with Gasteiger partial charge in [0.2, 0.25) is 0 Å². The van der Waals surface area contributed by atoms with Crippen LogP contribution in [-0.4, -0.2) is 42.4 Å². The molecule has 1 heterocycles. The third kappa shape index (κ3) is 5.76. The summed E-state index contributed by atoms with van der Waals surface area (Å²) < 4.78 is 5.77. The molecule has 0 aliphatic rings. The molecule has 6 heteroatoms. The molecule has 0 fully saturated rings. The highest BCUT2D eigenvalue weighted by atomic mass is 79.9. The van der Waals surface area contributed by atoms with Crippen molar-refractivity contribution in [1.29, 1.82) is 0 Å². The molecule has 0 unspecified atom stereocenters. The number of aliphatic hydroxyl groups is 1. The number of nitrogens with one attached hydrogen (secondary N) is 1. The Morgan fingerprint density at radius 2 is 2.29 bits per heavy atom. The minimum Gasteiger partial charge on any atom is -0.394 e. The van der Waals surface area contributed by atoms with E-state index < -0.39 is 0 Å². The van der Waals surface area contributed by atoms with Crippen LogP contribution in [0.5, 0.6) is 0 Å². The van der Waals surface area contributed by atoms with Gasteiger partial charge in [-0.1, -0.05) is 0 Å². The highest BCUT2D eigenvalue weighted by molar-refractivity contribution is 9.10. The summed E-state index contributed by atoms with van der Waals surface area (Å²) in [5, 5.41) is 11.2. The molecule has 2 N–H and O–H groups in total. The van der Waals surface area contributed by atoms with Crippen molar-refractivity contribution >= 4 is 21.8 Å². The first-order valence-electron chi connectivity index (χ1n) is 5.32. The highest BCUT2D eigenvalue weighted by Crippen LogP contribution is 2.05. The molecule has 94 valence electrons. The quantitative estimate of drug-likeness (QED) is 0.582. The van der Waals surface area contributed by atoms with Crippen LogP contribution < -0.4 is 5.32 Å². The summed E-state index contributed by atoms with van der Waals surface area (Å²) in [6.45, 7) is 1.43. The van der Waals surface area contributed by atoms with Crippen LogP contribution in [0.1, 0.15) is 16.8 Å². The number of pyridine rings is 1. The minimum atomic E-state index is -0.146. The Morgan fingerprint density at radius 1 is 1.47 bits per heavy atom. The minimum absolute atomic E-state index is 0.0247. The molecule has 0 radical (unpaired) electrons. The number of nitrogens with zero attached hydrogens (tertiary/aromatic N) is 1. The van der Waals surface area contributed by atoms with Gasteiger partial charge in [0.05, 0.1) is 18.8 Å². The molecular weight excluding hydrogens is 288 g/mol. The first-order valence-corrected chi connectivity index (χ1v) is 6.11. The summed E-state index contributed by atoms with van der Waals surface area (Å²) in [4.78, 5) is 15.6.